The van der Waals surface area contributed by atoms with Crippen LogP contribution >= 0.6 is 23.4 Å². The predicted molar refractivity (Wildman–Crippen MR) is 122 cm³/mol. The molecule has 0 spiro atoms. The van der Waals surface area contributed by atoms with Crippen LogP contribution in [0.4, 0.5) is 0 Å². The summed E-state index contributed by atoms with van der Waals surface area (Å²) in [5, 5.41) is 5.11. The van der Waals surface area contributed by atoms with Gasteiger partial charge in [-0.15, -0.1) is 0 Å². The standard InChI is InChI=1S/C24H27ClN2OS/c1-14-7-12-19-21(13-14)26-22(23(19)29-18-10-8-17(25)9-11-18)24(28)27-20-6-4-5-15(2)16(20)3/h7-13,15-16,20,26H,4-6H2,1-3H3,(H,27,28)/t15-,16+,20+/m0/s1. The molecular weight excluding hydrogens is 400 g/mol. The molecule has 0 unspecified atom stereocenters. The molecule has 5 heteroatoms. The van der Waals surface area contributed by atoms with Crippen LogP contribution in [0.2, 0.25) is 5.02 Å². The number of nitrogens with one attached hydrogen (secondary N) is 2. The van der Waals surface area contributed by atoms with E-state index in [-0.39, 0.29) is 11.9 Å². The number of aryl methyl sites for hydroxylation is 1. The zero-order valence-electron chi connectivity index (χ0n) is 17.1. The van der Waals surface area contributed by atoms with Gasteiger partial charge in [-0.2, -0.15) is 0 Å². The average Bonchev–Trinajstić information content (AvgIpc) is 3.04. The lowest BCUT2D eigenvalue weighted by Gasteiger charge is -2.34. The minimum absolute atomic E-state index is 0.0127. The minimum Gasteiger partial charge on any atom is -0.350 e. The van der Waals surface area contributed by atoms with Crippen molar-refractivity contribution < 1.29 is 4.79 Å². The Morgan fingerprint density at radius 1 is 1.14 bits per heavy atom. The third-order valence-electron chi connectivity index (χ3n) is 6.19. The zero-order chi connectivity index (χ0) is 20.5. The van der Waals surface area contributed by atoms with Crippen molar-refractivity contribution in [3.63, 3.8) is 0 Å². The van der Waals surface area contributed by atoms with Crippen molar-refractivity contribution in [2.45, 2.75) is 55.9 Å². The molecule has 2 N–H and O–H groups in total. The molecule has 1 aliphatic rings. The van der Waals surface area contributed by atoms with E-state index >= 15 is 0 Å². The van der Waals surface area contributed by atoms with E-state index in [9.17, 15) is 4.79 Å². The number of fused-ring (bicyclic) bond motifs is 1. The first-order valence-corrected chi connectivity index (χ1v) is 11.5. The molecule has 1 aromatic heterocycles. The van der Waals surface area contributed by atoms with E-state index in [2.05, 4.69) is 49.3 Å². The van der Waals surface area contributed by atoms with E-state index in [4.69, 9.17) is 11.6 Å². The molecule has 0 aliphatic heterocycles. The summed E-state index contributed by atoms with van der Waals surface area (Å²) in [5.41, 5.74) is 2.82. The number of hydrogen-bond donors (Lipinski definition) is 2. The molecule has 152 valence electrons. The second-order valence-electron chi connectivity index (χ2n) is 8.28. The van der Waals surface area contributed by atoms with Crippen LogP contribution in [-0.4, -0.2) is 16.9 Å². The molecule has 3 nitrogen and oxygen atoms in total. The molecule has 3 atom stereocenters. The molecule has 1 saturated carbocycles. The van der Waals surface area contributed by atoms with Gasteiger partial charge in [0.25, 0.3) is 5.91 Å². The second-order valence-corrected chi connectivity index (χ2v) is 9.80. The van der Waals surface area contributed by atoms with Crippen molar-refractivity contribution in [3.05, 3.63) is 58.7 Å². The molecule has 29 heavy (non-hydrogen) atoms. The zero-order valence-corrected chi connectivity index (χ0v) is 18.7. The van der Waals surface area contributed by atoms with E-state index in [1.165, 1.54) is 18.4 Å². The van der Waals surface area contributed by atoms with Gasteiger partial charge in [-0.3, -0.25) is 4.79 Å². The van der Waals surface area contributed by atoms with Crippen molar-refractivity contribution >= 4 is 40.2 Å². The van der Waals surface area contributed by atoms with Gasteiger partial charge >= 0.3 is 0 Å². The number of H-pyrrole nitrogens is 1. The summed E-state index contributed by atoms with van der Waals surface area (Å²) >= 11 is 7.65. The maximum absolute atomic E-state index is 13.3. The van der Waals surface area contributed by atoms with Crippen molar-refractivity contribution in [2.24, 2.45) is 11.8 Å². The van der Waals surface area contributed by atoms with Crippen LogP contribution in [0.5, 0.6) is 0 Å². The van der Waals surface area contributed by atoms with Crippen LogP contribution in [0.1, 0.15) is 49.2 Å². The third kappa shape index (κ3) is 4.34. The van der Waals surface area contributed by atoms with E-state index in [1.807, 2.05) is 24.3 Å². The number of carbonyl (C=O) groups excluding carboxylic acids is 1. The summed E-state index contributed by atoms with van der Waals surface area (Å²) in [6, 6.07) is 14.3. The fourth-order valence-electron chi connectivity index (χ4n) is 4.20. The Balaban J connectivity index is 1.68. The average molecular weight is 427 g/mol. The topological polar surface area (TPSA) is 44.9 Å². The summed E-state index contributed by atoms with van der Waals surface area (Å²) < 4.78 is 0. The summed E-state index contributed by atoms with van der Waals surface area (Å²) in [5.74, 6) is 1.12. The van der Waals surface area contributed by atoms with Crippen molar-refractivity contribution in [1.29, 1.82) is 0 Å². The number of aromatic nitrogens is 1. The van der Waals surface area contributed by atoms with Crippen molar-refractivity contribution in [1.82, 2.24) is 10.3 Å². The molecule has 4 rings (SSSR count). The summed E-state index contributed by atoms with van der Waals surface area (Å²) in [4.78, 5) is 18.7. The smallest absolute Gasteiger partial charge is 0.269 e. The Kier molecular flexibility index (Phi) is 5.93. The molecule has 0 radical (unpaired) electrons. The highest BCUT2D eigenvalue weighted by Gasteiger charge is 2.29. The number of hydrogen-bond acceptors (Lipinski definition) is 2. The molecule has 0 saturated heterocycles. The lowest BCUT2D eigenvalue weighted by atomic mass is 9.78. The number of amides is 1. The number of rotatable bonds is 4. The molecule has 1 amide bonds. The van der Waals surface area contributed by atoms with Crippen LogP contribution in [0.3, 0.4) is 0 Å². The number of benzene rings is 2. The molecule has 1 aliphatic carbocycles. The Hall–Kier alpha value is -1.91. The van der Waals surface area contributed by atoms with Gasteiger partial charge in [-0.25, -0.2) is 0 Å². The number of carbonyl (C=O) groups is 1. The normalized spacial score (nSPS) is 22.0. The van der Waals surface area contributed by atoms with Crippen molar-refractivity contribution in [3.8, 4) is 0 Å². The predicted octanol–water partition coefficient (Wildman–Crippen LogP) is 6.84. The number of halogens is 1. The van der Waals surface area contributed by atoms with Crippen LogP contribution < -0.4 is 5.32 Å². The van der Waals surface area contributed by atoms with Crippen LogP contribution in [0, 0.1) is 18.8 Å². The molecule has 0 bridgehead atoms. The number of aromatic amines is 1. The fraction of sp³-hybridized carbons (Fsp3) is 0.375. The highest BCUT2D eigenvalue weighted by molar-refractivity contribution is 7.99. The van der Waals surface area contributed by atoms with Gasteiger partial charge in [-0.05, 0) is 61.1 Å². The maximum Gasteiger partial charge on any atom is 0.269 e. The van der Waals surface area contributed by atoms with Gasteiger partial charge in [-0.1, -0.05) is 62.2 Å². The summed E-state index contributed by atoms with van der Waals surface area (Å²) in [6.07, 6.45) is 3.47. The largest absolute Gasteiger partial charge is 0.350 e. The first kappa shape index (κ1) is 20.4. The van der Waals surface area contributed by atoms with E-state index in [1.54, 1.807) is 11.8 Å². The molecule has 3 aromatic rings. The molecule has 1 heterocycles. The van der Waals surface area contributed by atoms with Gasteiger partial charge in [0.05, 0.1) is 4.90 Å². The highest BCUT2D eigenvalue weighted by Crippen LogP contribution is 2.38. The molecule has 1 fully saturated rings. The second kappa shape index (κ2) is 8.45. The minimum atomic E-state index is -0.0127. The van der Waals surface area contributed by atoms with Crippen LogP contribution in [-0.2, 0) is 0 Å². The first-order valence-electron chi connectivity index (χ1n) is 10.3. The lowest BCUT2D eigenvalue weighted by molar-refractivity contribution is 0.0884. The SMILES string of the molecule is Cc1ccc2c(Sc3ccc(Cl)cc3)c(C(=O)N[C@@H]3CCC[C@H](C)[C@H]3C)[nH]c2c1. The van der Waals surface area contributed by atoms with Crippen LogP contribution in [0.15, 0.2) is 52.3 Å². The monoisotopic (exact) mass is 426 g/mol. The Morgan fingerprint density at radius 3 is 2.66 bits per heavy atom. The van der Waals surface area contributed by atoms with Crippen LogP contribution in [0.25, 0.3) is 10.9 Å². The summed E-state index contributed by atoms with van der Waals surface area (Å²) in [7, 11) is 0. The maximum atomic E-state index is 13.3. The van der Waals surface area contributed by atoms with Gasteiger partial charge in [0.15, 0.2) is 0 Å². The van der Waals surface area contributed by atoms with Gasteiger partial charge in [0, 0.05) is 26.9 Å². The van der Waals surface area contributed by atoms with Gasteiger partial charge in [0.1, 0.15) is 5.69 Å². The molecule has 2 aromatic carbocycles. The van der Waals surface area contributed by atoms with Gasteiger partial charge in [0.2, 0.25) is 0 Å². The Bertz CT molecular complexity index is 1030. The van der Waals surface area contributed by atoms with E-state index in [0.717, 1.165) is 27.1 Å². The fourth-order valence-corrected chi connectivity index (χ4v) is 5.37. The van der Waals surface area contributed by atoms with E-state index in [0.29, 0.717) is 22.6 Å². The van der Waals surface area contributed by atoms with Crippen molar-refractivity contribution in [2.75, 3.05) is 0 Å². The highest BCUT2D eigenvalue weighted by atomic mass is 35.5. The molecular formula is C24H27ClN2OS. The summed E-state index contributed by atoms with van der Waals surface area (Å²) in [6.45, 7) is 6.61. The third-order valence-corrected chi connectivity index (χ3v) is 7.58. The Morgan fingerprint density at radius 2 is 1.90 bits per heavy atom. The van der Waals surface area contributed by atoms with E-state index < -0.39 is 0 Å². The Labute approximate surface area is 181 Å². The lowest BCUT2D eigenvalue weighted by Crippen LogP contribution is -2.43. The first-order chi connectivity index (χ1) is 13.9. The van der Waals surface area contributed by atoms with Gasteiger partial charge < -0.3 is 10.3 Å². The quantitative estimate of drug-likeness (QED) is 0.479.